The van der Waals surface area contributed by atoms with Gasteiger partial charge in [0, 0.05) is 10.9 Å². The SMILES string of the molecule is COc1cccc(-c2csc3nc(C(C)Cl)[nH]c(=O)c23)c1. The van der Waals surface area contributed by atoms with Gasteiger partial charge in [0.15, 0.2) is 0 Å². The van der Waals surface area contributed by atoms with E-state index in [-0.39, 0.29) is 10.9 Å². The summed E-state index contributed by atoms with van der Waals surface area (Å²) in [6.07, 6.45) is 0. The molecule has 2 aromatic heterocycles. The van der Waals surface area contributed by atoms with E-state index in [4.69, 9.17) is 16.3 Å². The summed E-state index contributed by atoms with van der Waals surface area (Å²) < 4.78 is 5.23. The minimum atomic E-state index is -0.329. The lowest BCUT2D eigenvalue weighted by Gasteiger charge is -2.04. The van der Waals surface area contributed by atoms with Crippen molar-refractivity contribution < 1.29 is 4.74 Å². The monoisotopic (exact) mass is 320 g/mol. The molecule has 21 heavy (non-hydrogen) atoms. The second kappa shape index (κ2) is 5.50. The fraction of sp³-hybridized carbons (Fsp3) is 0.200. The van der Waals surface area contributed by atoms with Gasteiger partial charge >= 0.3 is 0 Å². The molecule has 0 fully saturated rings. The number of nitrogens with one attached hydrogen (secondary N) is 1. The number of alkyl halides is 1. The van der Waals surface area contributed by atoms with Gasteiger partial charge in [-0.3, -0.25) is 4.79 Å². The maximum Gasteiger partial charge on any atom is 0.260 e. The van der Waals surface area contributed by atoms with Gasteiger partial charge in [0.05, 0.1) is 17.9 Å². The molecule has 0 amide bonds. The molecular weight excluding hydrogens is 308 g/mol. The van der Waals surface area contributed by atoms with Crippen molar-refractivity contribution in [3.05, 3.63) is 45.8 Å². The molecule has 0 aliphatic heterocycles. The summed E-state index contributed by atoms with van der Waals surface area (Å²) in [6, 6.07) is 7.61. The summed E-state index contributed by atoms with van der Waals surface area (Å²) in [4.78, 5) is 20.2. The number of hydrogen-bond acceptors (Lipinski definition) is 4. The number of aromatic amines is 1. The van der Waals surface area contributed by atoms with Gasteiger partial charge in [-0.1, -0.05) is 12.1 Å². The number of methoxy groups -OCH3 is 1. The number of rotatable bonds is 3. The van der Waals surface area contributed by atoms with Crippen molar-refractivity contribution in [1.29, 1.82) is 0 Å². The Labute approximate surface area is 130 Å². The van der Waals surface area contributed by atoms with Gasteiger partial charge in [-0.15, -0.1) is 22.9 Å². The molecule has 1 unspecified atom stereocenters. The minimum Gasteiger partial charge on any atom is -0.497 e. The zero-order valence-corrected chi connectivity index (χ0v) is 13.1. The molecular formula is C15H13ClN2O2S. The van der Waals surface area contributed by atoms with Crippen LogP contribution in [-0.4, -0.2) is 17.1 Å². The highest BCUT2D eigenvalue weighted by Gasteiger charge is 2.15. The van der Waals surface area contributed by atoms with Crippen LogP contribution in [0.3, 0.4) is 0 Å². The van der Waals surface area contributed by atoms with Gasteiger partial charge in [-0.25, -0.2) is 4.98 Å². The second-order valence-electron chi connectivity index (χ2n) is 4.63. The maximum atomic E-state index is 12.3. The van der Waals surface area contributed by atoms with Crippen LogP contribution in [0.5, 0.6) is 5.75 Å². The van der Waals surface area contributed by atoms with Gasteiger partial charge in [0.1, 0.15) is 16.4 Å². The number of H-pyrrole nitrogens is 1. The Bertz CT molecular complexity index is 854. The van der Waals surface area contributed by atoms with Crippen LogP contribution in [0.25, 0.3) is 21.3 Å². The number of thiophene rings is 1. The van der Waals surface area contributed by atoms with Crippen molar-refractivity contribution in [3.8, 4) is 16.9 Å². The van der Waals surface area contributed by atoms with Crippen molar-refractivity contribution in [1.82, 2.24) is 9.97 Å². The number of hydrogen-bond donors (Lipinski definition) is 1. The maximum absolute atomic E-state index is 12.3. The first-order valence-corrected chi connectivity index (χ1v) is 7.71. The van der Waals surface area contributed by atoms with Crippen LogP contribution in [0.2, 0.25) is 0 Å². The summed E-state index contributed by atoms with van der Waals surface area (Å²) in [5, 5.41) is 2.20. The van der Waals surface area contributed by atoms with E-state index in [2.05, 4.69) is 9.97 Å². The van der Waals surface area contributed by atoms with Crippen LogP contribution in [0.15, 0.2) is 34.4 Å². The zero-order chi connectivity index (χ0) is 15.0. The molecule has 0 spiro atoms. The molecule has 0 saturated heterocycles. The molecule has 6 heteroatoms. The Morgan fingerprint density at radius 2 is 2.24 bits per heavy atom. The van der Waals surface area contributed by atoms with Crippen LogP contribution in [0.1, 0.15) is 18.1 Å². The van der Waals surface area contributed by atoms with Gasteiger partial charge in [-0.05, 0) is 24.6 Å². The molecule has 0 aliphatic carbocycles. The minimum absolute atomic E-state index is 0.165. The second-order valence-corrected chi connectivity index (χ2v) is 6.14. The highest BCUT2D eigenvalue weighted by atomic mass is 35.5. The Balaban J connectivity index is 2.22. The third-order valence-corrected chi connectivity index (χ3v) is 4.30. The van der Waals surface area contributed by atoms with E-state index in [9.17, 15) is 4.79 Å². The first kappa shape index (κ1) is 14.1. The van der Waals surface area contributed by atoms with Gasteiger partial charge in [-0.2, -0.15) is 0 Å². The Kier molecular flexibility index (Phi) is 3.69. The van der Waals surface area contributed by atoms with Crippen LogP contribution in [-0.2, 0) is 0 Å². The molecule has 2 heterocycles. The number of halogens is 1. The summed E-state index contributed by atoms with van der Waals surface area (Å²) in [5.41, 5.74) is 1.62. The largest absolute Gasteiger partial charge is 0.497 e. The van der Waals surface area contributed by atoms with Gasteiger partial charge in [0.25, 0.3) is 5.56 Å². The van der Waals surface area contributed by atoms with Crippen LogP contribution < -0.4 is 10.3 Å². The van der Waals surface area contributed by atoms with E-state index in [0.717, 1.165) is 16.9 Å². The summed E-state index contributed by atoms with van der Waals surface area (Å²) >= 11 is 7.43. The van der Waals surface area contributed by atoms with Crippen molar-refractivity contribution in [2.75, 3.05) is 7.11 Å². The molecule has 3 rings (SSSR count). The van der Waals surface area contributed by atoms with Crippen LogP contribution in [0.4, 0.5) is 0 Å². The Hall–Kier alpha value is -1.85. The molecule has 0 saturated carbocycles. The van der Waals surface area contributed by atoms with E-state index in [1.807, 2.05) is 29.6 Å². The first-order chi connectivity index (χ1) is 10.1. The Morgan fingerprint density at radius 1 is 1.43 bits per heavy atom. The predicted octanol–water partition coefficient (Wildman–Crippen LogP) is 3.96. The van der Waals surface area contributed by atoms with Crippen molar-refractivity contribution in [2.24, 2.45) is 0 Å². The van der Waals surface area contributed by atoms with Gasteiger partial charge in [0.2, 0.25) is 0 Å². The van der Waals surface area contributed by atoms with E-state index in [0.29, 0.717) is 16.0 Å². The topological polar surface area (TPSA) is 55.0 Å². The molecule has 0 bridgehead atoms. The fourth-order valence-corrected chi connectivity index (χ4v) is 3.22. The van der Waals surface area contributed by atoms with Crippen molar-refractivity contribution >= 4 is 33.2 Å². The average molecular weight is 321 g/mol. The van der Waals surface area contributed by atoms with Crippen LogP contribution in [0, 0.1) is 0 Å². The lowest BCUT2D eigenvalue weighted by molar-refractivity contribution is 0.415. The fourth-order valence-electron chi connectivity index (χ4n) is 2.16. The molecule has 0 aliphatic rings. The summed E-state index contributed by atoms with van der Waals surface area (Å²) in [6.45, 7) is 1.78. The number of nitrogens with zero attached hydrogens (tertiary/aromatic N) is 1. The van der Waals surface area contributed by atoms with E-state index in [1.165, 1.54) is 11.3 Å². The van der Waals surface area contributed by atoms with Crippen molar-refractivity contribution in [3.63, 3.8) is 0 Å². The summed E-state index contributed by atoms with van der Waals surface area (Å²) in [5.74, 6) is 1.25. The van der Waals surface area contributed by atoms with E-state index in [1.54, 1.807) is 14.0 Å². The normalized spacial score (nSPS) is 12.5. The van der Waals surface area contributed by atoms with Crippen LogP contribution >= 0.6 is 22.9 Å². The predicted molar refractivity (Wildman–Crippen MR) is 86.5 cm³/mol. The Morgan fingerprint density at radius 3 is 2.95 bits per heavy atom. The highest BCUT2D eigenvalue weighted by Crippen LogP contribution is 2.33. The average Bonchev–Trinajstić information content (AvgIpc) is 2.91. The first-order valence-electron chi connectivity index (χ1n) is 6.40. The number of aromatic nitrogens is 2. The third-order valence-electron chi connectivity index (χ3n) is 3.22. The van der Waals surface area contributed by atoms with E-state index >= 15 is 0 Å². The molecule has 3 aromatic rings. The summed E-state index contributed by atoms with van der Waals surface area (Å²) in [7, 11) is 1.62. The molecule has 4 nitrogen and oxygen atoms in total. The van der Waals surface area contributed by atoms with E-state index < -0.39 is 0 Å². The highest BCUT2D eigenvalue weighted by molar-refractivity contribution is 7.17. The molecule has 1 aromatic carbocycles. The third kappa shape index (κ3) is 2.54. The van der Waals surface area contributed by atoms with Gasteiger partial charge < -0.3 is 9.72 Å². The lowest BCUT2D eigenvalue weighted by Crippen LogP contribution is -2.11. The number of benzene rings is 1. The lowest BCUT2D eigenvalue weighted by atomic mass is 10.1. The quantitative estimate of drug-likeness (QED) is 0.743. The smallest absolute Gasteiger partial charge is 0.260 e. The molecule has 0 radical (unpaired) electrons. The zero-order valence-electron chi connectivity index (χ0n) is 11.5. The molecule has 108 valence electrons. The van der Waals surface area contributed by atoms with Crippen molar-refractivity contribution in [2.45, 2.75) is 12.3 Å². The number of ether oxygens (including phenoxy) is 1. The number of fused-ring (bicyclic) bond motifs is 1. The molecule has 1 N–H and O–H groups in total. The molecule has 1 atom stereocenters. The standard InChI is InChI=1S/C15H13ClN2O2S/c1-8(16)13-17-14(19)12-11(7-21-15(12)18-13)9-4-3-5-10(6-9)20-2/h3-8H,1-2H3,(H,17,18,19).